The molecule has 1 heterocycles. The fraction of sp³-hybridized carbons (Fsp3) is 0.182. The standard InChI is InChI=1S/C11H13N3O/c1-15-10-5-3-2-4-9(10)14-8-11-12-6-7-13-11/h2-7,14H,8H2,1H3,(H,12,13). The summed E-state index contributed by atoms with van der Waals surface area (Å²) in [7, 11) is 1.66. The third kappa shape index (κ3) is 2.28. The van der Waals surface area contributed by atoms with Crippen molar-refractivity contribution in [3.05, 3.63) is 42.5 Å². The number of benzene rings is 1. The second-order valence-corrected chi connectivity index (χ2v) is 3.09. The van der Waals surface area contributed by atoms with Gasteiger partial charge in [0.2, 0.25) is 0 Å². The Morgan fingerprint density at radius 1 is 1.40 bits per heavy atom. The topological polar surface area (TPSA) is 49.9 Å². The van der Waals surface area contributed by atoms with Gasteiger partial charge in [-0.05, 0) is 12.1 Å². The zero-order valence-corrected chi connectivity index (χ0v) is 8.53. The number of imidazole rings is 1. The Labute approximate surface area is 88.3 Å². The van der Waals surface area contributed by atoms with E-state index >= 15 is 0 Å². The molecule has 0 aliphatic rings. The zero-order chi connectivity index (χ0) is 10.5. The molecule has 0 atom stereocenters. The molecular weight excluding hydrogens is 190 g/mol. The van der Waals surface area contributed by atoms with Gasteiger partial charge in [0.25, 0.3) is 0 Å². The SMILES string of the molecule is COc1ccccc1NCc1ncc[nH]1. The van der Waals surface area contributed by atoms with Crippen LogP contribution in [0.3, 0.4) is 0 Å². The van der Waals surface area contributed by atoms with Gasteiger partial charge in [-0.3, -0.25) is 0 Å². The molecule has 0 bridgehead atoms. The van der Waals surface area contributed by atoms with Crippen molar-refractivity contribution in [1.82, 2.24) is 9.97 Å². The molecule has 2 rings (SSSR count). The van der Waals surface area contributed by atoms with Crippen molar-refractivity contribution in [2.45, 2.75) is 6.54 Å². The van der Waals surface area contributed by atoms with E-state index in [1.165, 1.54) is 0 Å². The normalized spacial score (nSPS) is 9.93. The van der Waals surface area contributed by atoms with E-state index in [1.54, 1.807) is 19.5 Å². The number of nitrogens with zero attached hydrogens (tertiary/aromatic N) is 1. The highest BCUT2D eigenvalue weighted by molar-refractivity contribution is 5.55. The van der Waals surface area contributed by atoms with Crippen LogP contribution in [0.4, 0.5) is 5.69 Å². The summed E-state index contributed by atoms with van der Waals surface area (Å²) in [4.78, 5) is 7.16. The molecule has 0 unspecified atom stereocenters. The average molecular weight is 203 g/mol. The molecule has 4 nitrogen and oxygen atoms in total. The van der Waals surface area contributed by atoms with Gasteiger partial charge in [-0.25, -0.2) is 4.98 Å². The first-order valence-electron chi connectivity index (χ1n) is 4.75. The Balaban J connectivity index is 2.04. The first-order chi connectivity index (χ1) is 7.40. The van der Waals surface area contributed by atoms with Crippen LogP contribution in [0, 0.1) is 0 Å². The summed E-state index contributed by atoms with van der Waals surface area (Å²) >= 11 is 0. The number of aromatic nitrogens is 2. The monoisotopic (exact) mass is 203 g/mol. The summed E-state index contributed by atoms with van der Waals surface area (Å²) in [6, 6.07) is 7.80. The zero-order valence-electron chi connectivity index (χ0n) is 8.53. The number of H-pyrrole nitrogens is 1. The molecule has 0 fully saturated rings. The van der Waals surface area contributed by atoms with E-state index in [4.69, 9.17) is 4.74 Å². The Kier molecular flexibility index (Phi) is 2.88. The van der Waals surface area contributed by atoms with Crippen molar-refractivity contribution in [3.8, 4) is 5.75 Å². The van der Waals surface area contributed by atoms with Crippen LogP contribution >= 0.6 is 0 Å². The number of nitrogens with one attached hydrogen (secondary N) is 2. The Bertz CT molecular complexity index is 412. The van der Waals surface area contributed by atoms with Gasteiger partial charge in [0.05, 0.1) is 19.3 Å². The number of aromatic amines is 1. The van der Waals surface area contributed by atoms with Crippen LogP contribution in [0.5, 0.6) is 5.75 Å². The summed E-state index contributed by atoms with van der Waals surface area (Å²) in [6.45, 7) is 0.660. The van der Waals surface area contributed by atoms with Crippen LogP contribution in [0.2, 0.25) is 0 Å². The van der Waals surface area contributed by atoms with E-state index in [-0.39, 0.29) is 0 Å². The molecule has 2 N–H and O–H groups in total. The molecule has 0 spiro atoms. The lowest BCUT2D eigenvalue weighted by Crippen LogP contribution is -2.02. The van der Waals surface area contributed by atoms with Gasteiger partial charge in [-0.15, -0.1) is 0 Å². The van der Waals surface area contributed by atoms with Gasteiger partial charge in [0.1, 0.15) is 11.6 Å². The molecule has 0 aliphatic carbocycles. The molecule has 0 aliphatic heterocycles. The minimum atomic E-state index is 0.660. The molecule has 0 saturated carbocycles. The van der Waals surface area contributed by atoms with Crippen LogP contribution in [0.15, 0.2) is 36.7 Å². The number of anilines is 1. The second kappa shape index (κ2) is 4.50. The lowest BCUT2D eigenvalue weighted by Gasteiger charge is -2.09. The predicted molar refractivity (Wildman–Crippen MR) is 58.9 cm³/mol. The van der Waals surface area contributed by atoms with Crippen molar-refractivity contribution in [2.24, 2.45) is 0 Å². The molecule has 78 valence electrons. The maximum Gasteiger partial charge on any atom is 0.141 e. The summed E-state index contributed by atoms with van der Waals surface area (Å²) < 4.78 is 5.22. The van der Waals surface area contributed by atoms with Crippen molar-refractivity contribution < 1.29 is 4.74 Å². The van der Waals surface area contributed by atoms with Crippen molar-refractivity contribution in [3.63, 3.8) is 0 Å². The Morgan fingerprint density at radius 3 is 3.00 bits per heavy atom. The van der Waals surface area contributed by atoms with Gasteiger partial charge in [-0.1, -0.05) is 12.1 Å². The highest BCUT2D eigenvalue weighted by atomic mass is 16.5. The van der Waals surface area contributed by atoms with Crippen LogP contribution in [0.25, 0.3) is 0 Å². The van der Waals surface area contributed by atoms with Crippen LogP contribution < -0.4 is 10.1 Å². The molecule has 0 radical (unpaired) electrons. The van der Waals surface area contributed by atoms with Gasteiger partial charge < -0.3 is 15.0 Å². The van der Waals surface area contributed by atoms with Crippen LogP contribution in [-0.4, -0.2) is 17.1 Å². The second-order valence-electron chi connectivity index (χ2n) is 3.09. The average Bonchev–Trinajstić information content (AvgIpc) is 2.79. The van der Waals surface area contributed by atoms with E-state index in [9.17, 15) is 0 Å². The molecule has 1 aromatic heterocycles. The van der Waals surface area contributed by atoms with E-state index in [0.717, 1.165) is 17.3 Å². The fourth-order valence-corrected chi connectivity index (χ4v) is 1.36. The predicted octanol–water partition coefficient (Wildman–Crippen LogP) is 2.03. The largest absolute Gasteiger partial charge is 0.495 e. The quantitative estimate of drug-likeness (QED) is 0.799. The summed E-state index contributed by atoms with van der Waals surface area (Å²) in [5.41, 5.74) is 0.969. The van der Waals surface area contributed by atoms with Crippen LogP contribution in [-0.2, 0) is 6.54 Å². The Hall–Kier alpha value is -1.97. The van der Waals surface area contributed by atoms with Gasteiger partial charge in [0, 0.05) is 12.4 Å². The number of para-hydroxylation sites is 2. The van der Waals surface area contributed by atoms with Crippen LogP contribution in [0.1, 0.15) is 5.82 Å². The fourth-order valence-electron chi connectivity index (χ4n) is 1.36. The molecule has 15 heavy (non-hydrogen) atoms. The smallest absolute Gasteiger partial charge is 0.141 e. The van der Waals surface area contributed by atoms with E-state index < -0.39 is 0 Å². The van der Waals surface area contributed by atoms with Gasteiger partial charge in [-0.2, -0.15) is 0 Å². The van der Waals surface area contributed by atoms with E-state index in [1.807, 2.05) is 24.3 Å². The van der Waals surface area contributed by atoms with Crippen molar-refractivity contribution in [1.29, 1.82) is 0 Å². The number of hydrogen-bond acceptors (Lipinski definition) is 3. The van der Waals surface area contributed by atoms with Crippen molar-refractivity contribution >= 4 is 5.69 Å². The first kappa shape index (κ1) is 9.58. The summed E-state index contributed by atoms with van der Waals surface area (Å²) in [5.74, 6) is 1.74. The van der Waals surface area contributed by atoms with E-state index in [0.29, 0.717) is 6.54 Å². The number of rotatable bonds is 4. The minimum Gasteiger partial charge on any atom is -0.495 e. The highest BCUT2D eigenvalue weighted by Crippen LogP contribution is 2.23. The third-order valence-electron chi connectivity index (χ3n) is 2.11. The molecule has 0 saturated heterocycles. The first-order valence-corrected chi connectivity index (χ1v) is 4.75. The maximum absolute atomic E-state index is 5.22. The Morgan fingerprint density at radius 2 is 2.27 bits per heavy atom. The molecule has 1 aromatic carbocycles. The lowest BCUT2D eigenvalue weighted by atomic mass is 10.3. The number of hydrogen-bond donors (Lipinski definition) is 2. The maximum atomic E-state index is 5.22. The molecule has 2 aromatic rings. The highest BCUT2D eigenvalue weighted by Gasteiger charge is 2.00. The number of ether oxygens (including phenoxy) is 1. The third-order valence-corrected chi connectivity index (χ3v) is 2.11. The summed E-state index contributed by atoms with van der Waals surface area (Å²) in [5, 5.41) is 3.25. The molecule has 4 heteroatoms. The molecular formula is C11H13N3O. The number of methoxy groups -OCH3 is 1. The summed E-state index contributed by atoms with van der Waals surface area (Å²) in [6.07, 6.45) is 3.54. The van der Waals surface area contributed by atoms with E-state index in [2.05, 4.69) is 15.3 Å². The van der Waals surface area contributed by atoms with Gasteiger partial charge in [0.15, 0.2) is 0 Å². The lowest BCUT2D eigenvalue weighted by molar-refractivity contribution is 0.416. The van der Waals surface area contributed by atoms with Crippen molar-refractivity contribution in [2.75, 3.05) is 12.4 Å². The van der Waals surface area contributed by atoms with Gasteiger partial charge >= 0.3 is 0 Å². The molecule has 0 amide bonds. The minimum absolute atomic E-state index is 0.660.